The second-order valence-electron chi connectivity index (χ2n) is 1.68. The van der Waals surface area contributed by atoms with Crippen molar-refractivity contribution >= 4 is 6.21 Å². The summed E-state index contributed by atoms with van der Waals surface area (Å²) in [6.45, 7) is 1.93. The van der Waals surface area contributed by atoms with Gasteiger partial charge in [-0.3, -0.25) is 4.99 Å². The van der Waals surface area contributed by atoms with E-state index in [9.17, 15) is 0 Å². The molecule has 8 heavy (non-hydrogen) atoms. The predicted octanol–water partition coefficient (Wildman–Crippen LogP) is 1.92. The molecule has 0 radical (unpaired) electrons. The van der Waals surface area contributed by atoms with E-state index in [0.717, 1.165) is 12.1 Å². The van der Waals surface area contributed by atoms with Gasteiger partial charge in [0.25, 0.3) is 0 Å². The zero-order valence-corrected chi connectivity index (χ0v) is 4.96. The first-order valence-electron chi connectivity index (χ1n) is 2.78. The SMILES string of the molecule is CC=NC1=CC=CC1. The third-order valence-electron chi connectivity index (χ3n) is 1.05. The van der Waals surface area contributed by atoms with Gasteiger partial charge in [0.15, 0.2) is 0 Å². The van der Waals surface area contributed by atoms with Gasteiger partial charge in [0.2, 0.25) is 0 Å². The van der Waals surface area contributed by atoms with Crippen molar-refractivity contribution in [2.45, 2.75) is 13.3 Å². The van der Waals surface area contributed by atoms with Crippen LogP contribution in [-0.2, 0) is 0 Å². The third-order valence-corrected chi connectivity index (χ3v) is 1.05. The van der Waals surface area contributed by atoms with E-state index in [0.29, 0.717) is 0 Å². The molecule has 0 saturated carbocycles. The van der Waals surface area contributed by atoms with Crippen molar-refractivity contribution < 1.29 is 0 Å². The van der Waals surface area contributed by atoms with Crippen molar-refractivity contribution in [3.63, 3.8) is 0 Å². The molecule has 42 valence electrons. The lowest BCUT2D eigenvalue weighted by Crippen LogP contribution is -1.68. The molecular weight excluding hydrogens is 98.1 g/mol. The van der Waals surface area contributed by atoms with Crippen molar-refractivity contribution in [2.24, 2.45) is 4.99 Å². The van der Waals surface area contributed by atoms with Crippen LogP contribution in [0, 0.1) is 0 Å². The van der Waals surface area contributed by atoms with Crippen molar-refractivity contribution in [3.05, 3.63) is 23.9 Å². The van der Waals surface area contributed by atoms with Crippen LogP contribution in [0.15, 0.2) is 28.9 Å². The molecule has 1 aliphatic rings. The molecule has 0 heterocycles. The molecule has 0 unspecified atom stereocenters. The summed E-state index contributed by atoms with van der Waals surface area (Å²) in [5.41, 5.74) is 1.16. The Bertz CT molecular complexity index is 152. The van der Waals surface area contributed by atoms with Crippen molar-refractivity contribution in [1.82, 2.24) is 0 Å². The van der Waals surface area contributed by atoms with Crippen LogP contribution in [-0.4, -0.2) is 6.21 Å². The van der Waals surface area contributed by atoms with Crippen LogP contribution in [0.3, 0.4) is 0 Å². The molecule has 0 atom stereocenters. The molecule has 0 aromatic rings. The van der Waals surface area contributed by atoms with Gasteiger partial charge in [0.05, 0.1) is 0 Å². The van der Waals surface area contributed by atoms with E-state index in [2.05, 4.69) is 11.1 Å². The maximum atomic E-state index is 4.10. The summed E-state index contributed by atoms with van der Waals surface area (Å²) in [7, 11) is 0. The first-order chi connectivity index (χ1) is 3.93. The summed E-state index contributed by atoms with van der Waals surface area (Å²) in [5, 5.41) is 0. The summed E-state index contributed by atoms with van der Waals surface area (Å²) in [4.78, 5) is 4.10. The van der Waals surface area contributed by atoms with E-state index in [4.69, 9.17) is 0 Å². The summed E-state index contributed by atoms with van der Waals surface area (Å²) >= 11 is 0. The zero-order chi connectivity index (χ0) is 5.82. The molecular formula is C7H9N. The molecule has 1 aliphatic carbocycles. The highest BCUT2D eigenvalue weighted by Crippen LogP contribution is 2.09. The number of hydrogen-bond acceptors (Lipinski definition) is 1. The van der Waals surface area contributed by atoms with Gasteiger partial charge in [-0.1, -0.05) is 12.2 Å². The quantitative estimate of drug-likeness (QED) is 0.454. The summed E-state index contributed by atoms with van der Waals surface area (Å²) < 4.78 is 0. The predicted molar refractivity (Wildman–Crippen MR) is 36.0 cm³/mol. The summed E-state index contributed by atoms with van der Waals surface area (Å²) in [5.74, 6) is 0. The summed E-state index contributed by atoms with van der Waals surface area (Å²) in [6, 6.07) is 0. The minimum atomic E-state index is 1.00. The maximum Gasteiger partial charge on any atom is 0.0437 e. The fraction of sp³-hybridized carbons (Fsp3) is 0.286. The minimum Gasteiger partial charge on any atom is -0.266 e. The molecule has 0 fully saturated rings. The Morgan fingerprint density at radius 2 is 2.62 bits per heavy atom. The molecule has 0 amide bonds. The highest BCUT2D eigenvalue weighted by atomic mass is 14.7. The lowest BCUT2D eigenvalue weighted by atomic mass is 10.4. The number of hydrogen-bond donors (Lipinski definition) is 0. The molecule has 0 spiro atoms. The molecule has 0 aliphatic heterocycles. The van der Waals surface area contributed by atoms with Crippen LogP contribution in [0.5, 0.6) is 0 Å². The van der Waals surface area contributed by atoms with Crippen LogP contribution in [0.25, 0.3) is 0 Å². The van der Waals surface area contributed by atoms with E-state index < -0.39 is 0 Å². The zero-order valence-electron chi connectivity index (χ0n) is 4.96. The van der Waals surface area contributed by atoms with Gasteiger partial charge in [0.1, 0.15) is 0 Å². The Morgan fingerprint density at radius 3 is 3.12 bits per heavy atom. The second kappa shape index (κ2) is 2.46. The highest BCUT2D eigenvalue weighted by Gasteiger charge is 1.91. The molecule has 0 bridgehead atoms. The van der Waals surface area contributed by atoms with Gasteiger partial charge in [-0.15, -0.1) is 0 Å². The standard InChI is InChI=1S/C7H9N/c1-2-8-7-5-3-4-6-7/h2-5H,6H2,1H3. The minimum absolute atomic E-state index is 1.00. The average Bonchev–Trinajstić information content (AvgIpc) is 2.19. The normalized spacial score (nSPS) is 17.9. The van der Waals surface area contributed by atoms with E-state index >= 15 is 0 Å². The van der Waals surface area contributed by atoms with Crippen LogP contribution < -0.4 is 0 Å². The lowest BCUT2D eigenvalue weighted by molar-refractivity contribution is 1.20. The van der Waals surface area contributed by atoms with Crippen LogP contribution in [0.2, 0.25) is 0 Å². The molecule has 1 nitrogen and oxygen atoms in total. The fourth-order valence-electron chi connectivity index (χ4n) is 0.698. The van der Waals surface area contributed by atoms with Gasteiger partial charge in [-0.05, 0) is 13.0 Å². The Morgan fingerprint density at radius 1 is 1.75 bits per heavy atom. The smallest absolute Gasteiger partial charge is 0.0437 e. The first kappa shape index (κ1) is 5.29. The van der Waals surface area contributed by atoms with Gasteiger partial charge < -0.3 is 0 Å². The second-order valence-corrected chi connectivity index (χ2v) is 1.68. The van der Waals surface area contributed by atoms with Crippen molar-refractivity contribution in [1.29, 1.82) is 0 Å². The monoisotopic (exact) mass is 107 g/mol. The third kappa shape index (κ3) is 1.06. The maximum absolute atomic E-state index is 4.10. The molecule has 0 saturated heterocycles. The number of nitrogens with zero attached hydrogens (tertiary/aromatic N) is 1. The molecule has 1 rings (SSSR count). The van der Waals surface area contributed by atoms with Crippen molar-refractivity contribution in [3.8, 4) is 0 Å². The number of allylic oxidation sites excluding steroid dienone is 3. The highest BCUT2D eigenvalue weighted by molar-refractivity contribution is 5.55. The van der Waals surface area contributed by atoms with Crippen LogP contribution in [0.1, 0.15) is 13.3 Å². The fourth-order valence-corrected chi connectivity index (χ4v) is 0.698. The molecule has 0 N–H and O–H groups in total. The largest absolute Gasteiger partial charge is 0.266 e. The van der Waals surface area contributed by atoms with Crippen molar-refractivity contribution in [2.75, 3.05) is 0 Å². The van der Waals surface area contributed by atoms with Gasteiger partial charge in [-0.2, -0.15) is 0 Å². The van der Waals surface area contributed by atoms with E-state index in [1.807, 2.05) is 25.3 Å². The van der Waals surface area contributed by atoms with Crippen LogP contribution >= 0.6 is 0 Å². The lowest BCUT2D eigenvalue weighted by Gasteiger charge is -1.85. The van der Waals surface area contributed by atoms with Gasteiger partial charge in [0, 0.05) is 18.3 Å². The molecule has 0 aromatic carbocycles. The average molecular weight is 107 g/mol. The van der Waals surface area contributed by atoms with Crippen LogP contribution in [0.4, 0.5) is 0 Å². The molecule has 1 heteroatoms. The first-order valence-corrected chi connectivity index (χ1v) is 2.78. The van der Waals surface area contributed by atoms with E-state index in [1.165, 1.54) is 0 Å². The molecule has 0 aromatic heterocycles. The number of aliphatic imine (C=N–C) groups is 1. The Labute approximate surface area is 49.4 Å². The van der Waals surface area contributed by atoms with E-state index in [-0.39, 0.29) is 0 Å². The number of rotatable bonds is 1. The topological polar surface area (TPSA) is 12.4 Å². The Kier molecular flexibility index (Phi) is 1.62. The summed E-state index contributed by atoms with van der Waals surface area (Å²) in [6.07, 6.45) is 8.98. The Balaban J connectivity index is 2.51. The van der Waals surface area contributed by atoms with Gasteiger partial charge >= 0.3 is 0 Å². The van der Waals surface area contributed by atoms with E-state index in [1.54, 1.807) is 0 Å². The Hall–Kier alpha value is -0.850. The van der Waals surface area contributed by atoms with Gasteiger partial charge in [-0.25, -0.2) is 0 Å².